The van der Waals surface area contributed by atoms with Gasteiger partial charge < -0.3 is 34.5 Å². The summed E-state index contributed by atoms with van der Waals surface area (Å²) in [6.07, 6.45) is 4.18. The van der Waals surface area contributed by atoms with Gasteiger partial charge in [0.25, 0.3) is 0 Å². The molecule has 2 N–H and O–H groups in total. The molecular formula is C33H40BrN3O9. The molecule has 1 unspecified atom stereocenters. The lowest BCUT2D eigenvalue weighted by atomic mass is 9.90. The van der Waals surface area contributed by atoms with Gasteiger partial charge in [0.05, 0.1) is 19.2 Å². The van der Waals surface area contributed by atoms with E-state index in [-0.39, 0.29) is 30.9 Å². The fourth-order valence-electron chi connectivity index (χ4n) is 7.34. The highest BCUT2D eigenvalue weighted by Crippen LogP contribution is 2.52. The van der Waals surface area contributed by atoms with Gasteiger partial charge in [-0.3, -0.25) is 9.59 Å². The minimum Gasteiger partial charge on any atom is -0.467 e. The van der Waals surface area contributed by atoms with Crippen LogP contribution in [0.15, 0.2) is 41.4 Å². The zero-order valence-electron chi connectivity index (χ0n) is 25.8. The molecule has 2 aliphatic heterocycles. The number of fused-ring (bicyclic) bond motifs is 1. The largest absolute Gasteiger partial charge is 0.467 e. The molecule has 5 fully saturated rings. The van der Waals surface area contributed by atoms with Gasteiger partial charge >= 0.3 is 18.0 Å². The van der Waals surface area contributed by atoms with Crippen molar-refractivity contribution in [3.63, 3.8) is 0 Å². The van der Waals surface area contributed by atoms with Crippen molar-refractivity contribution < 1.29 is 42.9 Å². The first-order valence-electron chi connectivity index (χ1n) is 16.0. The second kappa shape index (κ2) is 13.3. The Morgan fingerprint density at radius 3 is 2.35 bits per heavy atom. The molecule has 6 rings (SSSR count). The highest BCUT2D eigenvalue weighted by molar-refractivity contribution is 9.10. The number of esters is 2. The second-order valence-electron chi connectivity index (χ2n) is 13.1. The quantitative estimate of drug-likeness (QED) is 0.213. The van der Waals surface area contributed by atoms with Gasteiger partial charge in [0.1, 0.15) is 29.8 Å². The Labute approximate surface area is 276 Å². The number of likely N-dealkylation sites (tertiary alicyclic amines) is 1. The van der Waals surface area contributed by atoms with E-state index in [0.29, 0.717) is 49.9 Å². The van der Waals surface area contributed by atoms with Crippen LogP contribution in [0, 0.1) is 23.7 Å². The molecule has 2 saturated heterocycles. The number of ether oxygens (including phenoxy) is 4. The Kier molecular flexibility index (Phi) is 9.43. The molecule has 46 heavy (non-hydrogen) atoms. The maximum atomic E-state index is 14.4. The van der Waals surface area contributed by atoms with E-state index in [0.717, 1.165) is 17.3 Å². The maximum absolute atomic E-state index is 14.4. The Morgan fingerprint density at radius 2 is 1.72 bits per heavy atom. The van der Waals surface area contributed by atoms with Crippen LogP contribution in [0.25, 0.3) is 0 Å². The Morgan fingerprint density at radius 1 is 1.02 bits per heavy atom. The van der Waals surface area contributed by atoms with Crippen molar-refractivity contribution >= 4 is 45.8 Å². The number of amides is 3. The summed E-state index contributed by atoms with van der Waals surface area (Å²) in [7, 11) is 1.25. The van der Waals surface area contributed by atoms with Crippen molar-refractivity contribution in [1.29, 1.82) is 0 Å². The third kappa shape index (κ3) is 6.80. The molecule has 3 saturated carbocycles. The van der Waals surface area contributed by atoms with Gasteiger partial charge in [0.15, 0.2) is 0 Å². The van der Waals surface area contributed by atoms with Gasteiger partial charge in [-0.25, -0.2) is 14.4 Å². The fraction of sp³-hybridized carbons (Fsp3) is 0.606. The average molecular weight is 703 g/mol. The Bertz CT molecular complexity index is 1370. The number of carbonyl (C=O) groups is 5. The smallest absolute Gasteiger partial charge is 0.408 e. The number of nitrogens with one attached hydrogen (secondary N) is 2. The van der Waals surface area contributed by atoms with Gasteiger partial charge in [-0.15, -0.1) is 6.58 Å². The predicted molar refractivity (Wildman–Crippen MR) is 166 cm³/mol. The van der Waals surface area contributed by atoms with Gasteiger partial charge in [-0.05, 0) is 80.5 Å². The van der Waals surface area contributed by atoms with Crippen molar-refractivity contribution in [3.8, 4) is 0 Å². The Hall–Kier alpha value is -3.45. The number of benzene rings is 1. The predicted octanol–water partition coefficient (Wildman–Crippen LogP) is 3.13. The molecule has 0 aromatic heterocycles. The molecule has 248 valence electrons. The summed E-state index contributed by atoms with van der Waals surface area (Å²) in [5.41, 5.74) is -0.960. The van der Waals surface area contributed by atoms with Crippen LogP contribution in [0.3, 0.4) is 0 Å². The third-order valence-corrected chi connectivity index (χ3v) is 10.7. The first-order valence-corrected chi connectivity index (χ1v) is 16.8. The summed E-state index contributed by atoms with van der Waals surface area (Å²) in [5.74, 6) is -1.61. The number of nitrogens with zero attached hydrogens (tertiary/aromatic N) is 1. The first-order chi connectivity index (χ1) is 22.1. The molecule has 5 aliphatic rings. The van der Waals surface area contributed by atoms with Crippen molar-refractivity contribution in [2.24, 2.45) is 23.7 Å². The van der Waals surface area contributed by atoms with E-state index in [4.69, 9.17) is 18.9 Å². The van der Waals surface area contributed by atoms with Crippen molar-refractivity contribution in [3.05, 3.63) is 47.0 Å². The summed E-state index contributed by atoms with van der Waals surface area (Å²) in [4.78, 5) is 68.5. The normalized spacial score (nSPS) is 32.0. The average Bonchev–Trinajstić information content (AvgIpc) is 3.87. The molecule has 3 aliphatic carbocycles. The first kappa shape index (κ1) is 32.5. The summed E-state index contributed by atoms with van der Waals surface area (Å²) in [6.45, 7) is 4.55. The molecule has 2 heterocycles. The van der Waals surface area contributed by atoms with Gasteiger partial charge in [-0.2, -0.15) is 0 Å². The second-order valence-corrected chi connectivity index (χ2v) is 14.0. The SMILES string of the molecule is C=C[C@@H]1C[C@]1(NC(=O)[C@@H]1C[C@H](OC(=O)c2ccc(Br)cc2)CN1C(=O)C(NC(=O)O[C@@H]1C[C@@H]2C[C@@H]2C1)C1CCOCC1)C(=O)OC. The van der Waals surface area contributed by atoms with Crippen LogP contribution < -0.4 is 10.6 Å². The lowest BCUT2D eigenvalue weighted by Gasteiger charge is -2.34. The zero-order valence-corrected chi connectivity index (χ0v) is 27.4. The highest BCUT2D eigenvalue weighted by atomic mass is 79.9. The summed E-state index contributed by atoms with van der Waals surface area (Å²) >= 11 is 3.35. The molecule has 8 atom stereocenters. The molecule has 12 nitrogen and oxygen atoms in total. The minimum atomic E-state index is -1.28. The van der Waals surface area contributed by atoms with Crippen LogP contribution in [-0.2, 0) is 33.3 Å². The van der Waals surface area contributed by atoms with E-state index in [2.05, 4.69) is 33.1 Å². The van der Waals surface area contributed by atoms with Crippen LogP contribution in [0.1, 0.15) is 55.3 Å². The monoisotopic (exact) mass is 701 g/mol. The number of rotatable bonds is 10. The number of hydrogen-bond acceptors (Lipinski definition) is 9. The number of carbonyl (C=O) groups excluding carboxylic acids is 5. The van der Waals surface area contributed by atoms with Crippen LogP contribution in [-0.4, -0.2) is 91.4 Å². The molecule has 0 spiro atoms. The number of methoxy groups -OCH3 is 1. The van der Waals surface area contributed by atoms with E-state index in [1.165, 1.54) is 18.4 Å². The highest BCUT2D eigenvalue weighted by Gasteiger charge is 2.62. The van der Waals surface area contributed by atoms with Crippen molar-refractivity contribution in [2.45, 2.75) is 74.8 Å². The Balaban J connectivity index is 1.22. The number of alkyl carbamates (subject to hydrolysis) is 1. The molecule has 1 aromatic carbocycles. The lowest BCUT2D eigenvalue weighted by Crippen LogP contribution is -2.58. The summed E-state index contributed by atoms with van der Waals surface area (Å²) in [5, 5.41) is 5.65. The summed E-state index contributed by atoms with van der Waals surface area (Å²) < 4.78 is 22.8. The van der Waals surface area contributed by atoms with E-state index in [1.54, 1.807) is 30.3 Å². The van der Waals surface area contributed by atoms with Crippen LogP contribution in [0.2, 0.25) is 0 Å². The standard InChI is InChI=1S/C33H40BrN3O9/c1-3-22-16-33(22,31(41)43-2)36-28(38)26-15-25(45-30(40)19-4-6-23(34)7-5-19)17-37(26)29(39)27(18-8-10-44-11-9-18)35-32(42)46-24-13-20-12-21(20)14-24/h3-7,18,20-22,24-27H,1,8-17H2,2H3,(H,35,42)(H,36,38)/t20-,21+,22-,24+,25+,26+,27?,33-/m1/s1. The van der Waals surface area contributed by atoms with Crippen LogP contribution in [0.4, 0.5) is 4.79 Å². The number of halogens is 1. The fourth-order valence-corrected chi connectivity index (χ4v) is 7.61. The molecule has 0 radical (unpaired) electrons. The molecule has 0 bridgehead atoms. The minimum absolute atomic E-state index is 0.00560. The number of hydrogen-bond donors (Lipinski definition) is 2. The van der Waals surface area contributed by atoms with Gasteiger partial charge in [-0.1, -0.05) is 22.0 Å². The molecular weight excluding hydrogens is 662 g/mol. The lowest BCUT2D eigenvalue weighted by molar-refractivity contribution is -0.148. The summed E-state index contributed by atoms with van der Waals surface area (Å²) in [6, 6.07) is 4.59. The maximum Gasteiger partial charge on any atom is 0.408 e. The van der Waals surface area contributed by atoms with Crippen LogP contribution in [0.5, 0.6) is 0 Å². The molecule has 1 aromatic rings. The van der Waals surface area contributed by atoms with Crippen molar-refractivity contribution in [1.82, 2.24) is 15.5 Å². The van der Waals surface area contributed by atoms with E-state index < -0.39 is 53.6 Å². The van der Waals surface area contributed by atoms with E-state index >= 15 is 0 Å². The van der Waals surface area contributed by atoms with E-state index in [9.17, 15) is 24.0 Å². The zero-order chi connectivity index (χ0) is 32.6. The van der Waals surface area contributed by atoms with Crippen molar-refractivity contribution in [2.75, 3.05) is 26.9 Å². The topological polar surface area (TPSA) is 150 Å². The molecule has 13 heteroatoms. The molecule has 3 amide bonds. The third-order valence-electron chi connectivity index (χ3n) is 10.1. The van der Waals surface area contributed by atoms with E-state index in [1.807, 2.05) is 0 Å². The van der Waals surface area contributed by atoms with Crippen LogP contribution >= 0.6 is 15.9 Å². The van der Waals surface area contributed by atoms with Gasteiger partial charge in [0.2, 0.25) is 11.8 Å². The van der Waals surface area contributed by atoms with Gasteiger partial charge in [0, 0.05) is 30.0 Å².